The van der Waals surface area contributed by atoms with Crippen LogP contribution in [-0.2, 0) is 11.3 Å². The monoisotopic (exact) mass is 492 g/mol. The molecule has 6 nitrogen and oxygen atoms in total. The molecule has 0 bridgehead atoms. The lowest BCUT2D eigenvalue weighted by Gasteiger charge is -2.18. The van der Waals surface area contributed by atoms with Crippen molar-refractivity contribution in [2.45, 2.75) is 24.7 Å². The summed E-state index contributed by atoms with van der Waals surface area (Å²) in [6, 6.07) is 14.7. The minimum atomic E-state index is -0.486. The van der Waals surface area contributed by atoms with Crippen molar-refractivity contribution >= 4 is 39.3 Å². The van der Waals surface area contributed by atoms with Crippen molar-refractivity contribution in [2.24, 2.45) is 0 Å². The maximum Gasteiger partial charge on any atom is 0.234 e. The van der Waals surface area contributed by atoms with E-state index in [1.807, 2.05) is 22.8 Å². The molecule has 2 N–H and O–H groups in total. The zero-order chi connectivity index (χ0) is 21.7. The molecule has 1 heterocycles. The second-order valence-electron chi connectivity index (χ2n) is 7.17. The summed E-state index contributed by atoms with van der Waals surface area (Å²) in [5, 5.41) is 12.0. The highest BCUT2D eigenvalue weighted by Gasteiger charge is 2.23. The first-order valence-electron chi connectivity index (χ1n) is 9.50. The number of halogens is 2. The number of rotatable bonds is 8. The Balaban J connectivity index is 1.75. The molecule has 0 aliphatic heterocycles. The van der Waals surface area contributed by atoms with Crippen LogP contribution >= 0.6 is 27.7 Å². The molecule has 158 valence electrons. The van der Waals surface area contributed by atoms with Crippen LogP contribution in [0.2, 0.25) is 0 Å². The highest BCUT2D eigenvalue weighted by Crippen LogP contribution is 2.23. The predicted octanol–water partition coefficient (Wildman–Crippen LogP) is 3.16. The summed E-state index contributed by atoms with van der Waals surface area (Å²) >= 11 is 4.50. The molecule has 3 rings (SSSR count). The van der Waals surface area contributed by atoms with Gasteiger partial charge in [-0.05, 0) is 30.7 Å². The Hall–Kier alpha value is -2.23. The fourth-order valence-electron chi connectivity index (χ4n) is 2.81. The van der Waals surface area contributed by atoms with Crippen molar-refractivity contribution in [3.8, 4) is 0 Å². The largest absolute Gasteiger partial charge is 0.331 e. The van der Waals surface area contributed by atoms with Crippen molar-refractivity contribution in [3.05, 3.63) is 70.2 Å². The normalized spacial score (nSPS) is 12.2. The third-order valence-corrected chi connectivity index (χ3v) is 6.18. The van der Waals surface area contributed by atoms with Gasteiger partial charge in [-0.15, -0.1) is 10.2 Å². The van der Waals surface area contributed by atoms with Crippen LogP contribution in [0.3, 0.4) is 0 Å². The van der Waals surface area contributed by atoms with Crippen LogP contribution < -0.4 is 10.2 Å². The molecular weight excluding hydrogens is 469 g/mol. The minimum Gasteiger partial charge on any atom is -0.331 e. The summed E-state index contributed by atoms with van der Waals surface area (Å²) in [6.45, 7) is 2.71. The van der Waals surface area contributed by atoms with E-state index in [-0.39, 0.29) is 23.4 Å². The summed E-state index contributed by atoms with van der Waals surface area (Å²) in [7, 11) is 4.14. The summed E-state index contributed by atoms with van der Waals surface area (Å²) in [6.07, 6.45) is 0. The number of nitrogens with zero attached hydrogens (tertiary/aromatic N) is 3. The summed E-state index contributed by atoms with van der Waals surface area (Å²) in [5.41, 5.74) is 1.28. The van der Waals surface area contributed by atoms with Gasteiger partial charge in [0.25, 0.3) is 0 Å². The Morgan fingerprint density at radius 1 is 1.23 bits per heavy atom. The van der Waals surface area contributed by atoms with E-state index < -0.39 is 5.82 Å². The van der Waals surface area contributed by atoms with Crippen LogP contribution in [-0.4, -0.2) is 40.5 Å². The number of benzene rings is 2. The van der Waals surface area contributed by atoms with Crippen LogP contribution in [0.5, 0.6) is 0 Å². The van der Waals surface area contributed by atoms with E-state index in [0.717, 1.165) is 11.4 Å². The molecule has 9 heteroatoms. The molecule has 0 saturated carbocycles. The fraction of sp³-hybridized carbons (Fsp3) is 0.286. The van der Waals surface area contributed by atoms with Crippen molar-refractivity contribution in [2.75, 3.05) is 25.2 Å². The third kappa shape index (κ3) is 5.68. The van der Waals surface area contributed by atoms with E-state index in [4.69, 9.17) is 0 Å². The molecule has 0 radical (unpaired) electrons. The molecule has 2 aromatic carbocycles. The maximum absolute atomic E-state index is 14.0. The number of hydrogen-bond acceptors (Lipinski definition) is 4. The first kappa shape index (κ1) is 22.5. The topological polar surface area (TPSA) is 64.2 Å². The summed E-state index contributed by atoms with van der Waals surface area (Å²) < 4.78 is 16.6. The quantitative estimate of drug-likeness (QED) is 0.474. The predicted molar refractivity (Wildman–Crippen MR) is 120 cm³/mol. The zero-order valence-electron chi connectivity index (χ0n) is 17.0. The van der Waals surface area contributed by atoms with Gasteiger partial charge < -0.3 is 10.2 Å². The highest BCUT2D eigenvalue weighted by atomic mass is 79.9. The SMILES string of the molecule is C[C@H](c1nnc(SCC(=O)Nc2ccc(Br)cc2F)n1Cc1ccccc1)[NH+](C)C. The van der Waals surface area contributed by atoms with E-state index in [0.29, 0.717) is 16.2 Å². The zero-order valence-corrected chi connectivity index (χ0v) is 19.4. The summed E-state index contributed by atoms with van der Waals surface area (Å²) in [4.78, 5) is 13.6. The first-order chi connectivity index (χ1) is 14.3. The number of anilines is 1. The second kappa shape index (κ2) is 10.2. The number of nitrogens with one attached hydrogen (secondary N) is 2. The number of carbonyl (C=O) groups excluding carboxylic acids is 1. The molecular formula is C21H24BrFN5OS+. The van der Waals surface area contributed by atoms with Gasteiger partial charge in [0.15, 0.2) is 11.0 Å². The fourth-order valence-corrected chi connectivity index (χ4v) is 3.89. The number of hydrogen-bond donors (Lipinski definition) is 2. The molecule has 30 heavy (non-hydrogen) atoms. The molecule has 0 aliphatic carbocycles. The van der Waals surface area contributed by atoms with E-state index in [1.54, 1.807) is 6.07 Å². The minimum absolute atomic E-state index is 0.103. The Labute approximate surface area is 188 Å². The van der Waals surface area contributed by atoms with Gasteiger partial charge in [0, 0.05) is 4.47 Å². The smallest absolute Gasteiger partial charge is 0.234 e. The second-order valence-corrected chi connectivity index (χ2v) is 9.03. The van der Waals surface area contributed by atoms with Gasteiger partial charge in [0.05, 0.1) is 32.1 Å². The van der Waals surface area contributed by atoms with Crippen molar-refractivity contribution < 1.29 is 14.1 Å². The first-order valence-corrected chi connectivity index (χ1v) is 11.3. The molecule has 1 atom stereocenters. The average Bonchev–Trinajstić information content (AvgIpc) is 3.11. The molecule has 1 aromatic heterocycles. The molecule has 3 aromatic rings. The lowest BCUT2D eigenvalue weighted by molar-refractivity contribution is -0.890. The lowest BCUT2D eigenvalue weighted by atomic mass is 10.2. The Morgan fingerprint density at radius 3 is 2.63 bits per heavy atom. The molecule has 0 unspecified atom stereocenters. The van der Waals surface area contributed by atoms with Gasteiger partial charge in [-0.2, -0.15) is 0 Å². The van der Waals surface area contributed by atoms with Gasteiger partial charge in [-0.1, -0.05) is 58.0 Å². The highest BCUT2D eigenvalue weighted by molar-refractivity contribution is 9.10. The Bertz CT molecular complexity index is 1010. The maximum atomic E-state index is 14.0. The van der Waals surface area contributed by atoms with E-state index in [9.17, 15) is 9.18 Å². The Kier molecular flexibility index (Phi) is 7.63. The molecule has 0 saturated heterocycles. The number of quaternary nitrogens is 1. The lowest BCUT2D eigenvalue weighted by Crippen LogP contribution is -3.05. The van der Waals surface area contributed by atoms with Gasteiger partial charge in [-0.3, -0.25) is 9.36 Å². The molecule has 0 fully saturated rings. The average molecular weight is 493 g/mol. The van der Waals surface area contributed by atoms with Crippen LogP contribution in [0.4, 0.5) is 10.1 Å². The van der Waals surface area contributed by atoms with Crippen molar-refractivity contribution in [1.82, 2.24) is 14.8 Å². The van der Waals surface area contributed by atoms with Crippen LogP contribution in [0, 0.1) is 5.82 Å². The summed E-state index contributed by atoms with van der Waals surface area (Å²) in [5.74, 6) is 0.176. The number of carbonyl (C=O) groups is 1. The van der Waals surface area contributed by atoms with Crippen LogP contribution in [0.1, 0.15) is 24.4 Å². The van der Waals surface area contributed by atoms with E-state index in [1.165, 1.54) is 28.8 Å². The van der Waals surface area contributed by atoms with Gasteiger partial charge in [0.1, 0.15) is 11.9 Å². The number of aromatic nitrogens is 3. The van der Waals surface area contributed by atoms with E-state index >= 15 is 0 Å². The Morgan fingerprint density at radius 2 is 1.97 bits per heavy atom. The van der Waals surface area contributed by atoms with E-state index in [2.05, 4.69) is 64.6 Å². The number of thioether (sulfide) groups is 1. The molecule has 1 amide bonds. The number of amides is 1. The van der Waals surface area contributed by atoms with Crippen molar-refractivity contribution in [3.63, 3.8) is 0 Å². The molecule has 0 aliphatic rings. The van der Waals surface area contributed by atoms with Crippen LogP contribution in [0.15, 0.2) is 58.2 Å². The van der Waals surface area contributed by atoms with Gasteiger partial charge in [-0.25, -0.2) is 4.39 Å². The standard InChI is InChI=1S/C21H23BrFN5OS/c1-14(27(2)3)20-25-26-21(28(20)12-15-7-5-4-6-8-15)30-13-19(29)24-18-10-9-16(22)11-17(18)23/h4-11,14H,12-13H2,1-3H3,(H,24,29)/p+1/t14-/m1/s1. The van der Waals surface area contributed by atoms with Gasteiger partial charge >= 0.3 is 0 Å². The van der Waals surface area contributed by atoms with Crippen molar-refractivity contribution in [1.29, 1.82) is 0 Å². The van der Waals surface area contributed by atoms with Crippen LogP contribution in [0.25, 0.3) is 0 Å². The third-order valence-electron chi connectivity index (χ3n) is 4.72. The van der Waals surface area contributed by atoms with Gasteiger partial charge in [0.2, 0.25) is 5.91 Å². The molecule has 0 spiro atoms.